The van der Waals surface area contributed by atoms with Crippen LogP contribution in [0.15, 0.2) is 102 Å². The van der Waals surface area contributed by atoms with Crippen LogP contribution < -0.4 is 0 Å². The third-order valence-corrected chi connectivity index (χ3v) is 5.51. The second-order valence-electron chi connectivity index (χ2n) is 6.49. The zero-order valence-corrected chi connectivity index (χ0v) is 15.6. The molecule has 0 radical (unpaired) electrons. The molecule has 0 spiro atoms. The van der Waals surface area contributed by atoms with Crippen molar-refractivity contribution in [2.24, 2.45) is 0 Å². The van der Waals surface area contributed by atoms with Gasteiger partial charge >= 0.3 is 0 Å². The molecule has 3 aromatic rings. The van der Waals surface area contributed by atoms with Gasteiger partial charge in [0.05, 0.1) is 0 Å². The van der Waals surface area contributed by atoms with Crippen LogP contribution in [0.2, 0.25) is 0 Å². The Kier molecular flexibility index (Phi) is 4.64. The first-order valence-electron chi connectivity index (χ1n) is 8.71. The van der Waals surface area contributed by atoms with Crippen LogP contribution in [-0.4, -0.2) is 0 Å². The molecule has 1 heteroatoms. The van der Waals surface area contributed by atoms with Gasteiger partial charge < -0.3 is 0 Å². The van der Waals surface area contributed by atoms with Gasteiger partial charge in [-0.1, -0.05) is 96.7 Å². The number of hydrogen-bond acceptors (Lipinski definition) is 1. The minimum absolute atomic E-state index is 1.05. The fourth-order valence-corrected chi connectivity index (χ4v) is 3.86. The summed E-state index contributed by atoms with van der Waals surface area (Å²) in [6.45, 7) is 6.33. The summed E-state index contributed by atoms with van der Waals surface area (Å²) >= 11 is 1.74. The Morgan fingerprint density at radius 1 is 0.692 bits per heavy atom. The summed E-state index contributed by atoms with van der Waals surface area (Å²) in [5.41, 5.74) is 8.48. The molecule has 0 saturated heterocycles. The van der Waals surface area contributed by atoms with E-state index in [-0.39, 0.29) is 0 Å². The SMILES string of the molecule is C=C1/C=C\C=C/Sc2ccc(-c3ccc(-c4ccc(C)cc4)cc3)cc21. The summed E-state index contributed by atoms with van der Waals surface area (Å²) in [7, 11) is 0. The molecule has 0 unspecified atom stereocenters. The highest BCUT2D eigenvalue weighted by molar-refractivity contribution is 8.02. The van der Waals surface area contributed by atoms with Crippen LogP contribution in [0.25, 0.3) is 27.8 Å². The van der Waals surface area contributed by atoms with E-state index < -0.39 is 0 Å². The number of hydrogen-bond donors (Lipinski definition) is 0. The van der Waals surface area contributed by atoms with E-state index in [9.17, 15) is 0 Å². The zero-order chi connectivity index (χ0) is 17.9. The summed E-state index contributed by atoms with van der Waals surface area (Å²) in [5, 5.41) is 2.11. The van der Waals surface area contributed by atoms with Crippen LogP contribution in [0.5, 0.6) is 0 Å². The predicted octanol–water partition coefficient (Wildman–Crippen LogP) is 7.52. The van der Waals surface area contributed by atoms with Gasteiger partial charge in [0, 0.05) is 4.90 Å². The monoisotopic (exact) mass is 352 g/mol. The molecule has 0 aliphatic carbocycles. The molecule has 1 aliphatic heterocycles. The fraction of sp³-hybridized carbons (Fsp3) is 0.0400. The Balaban J connectivity index is 1.68. The number of fused-ring (bicyclic) bond motifs is 1. The Bertz CT molecular complexity index is 1000. The topological polar surface area (TPSA) is 0 Å². The van der Waals surface area contributed by atoms with Crippen molar-refractivity contribution in [2.75, 3.05) is 0 Å². The molecule has 1 heterocycles. The molecule has 0 fully saturated rings. The van der Waals surface area contributed by atoms with Gasteiger partial charge in [0.25, 0.3) is 0 Å². The quantitative estimate of drug-likeness (QED) is 0.459. The molecule has 26 heavy (non-hydrogen) atoms. The lowest BCUT2D eigenvalue weighted by Gasteiger charge is -2.12. The molecule has 0 N–H and O–H groups in total. The number of allylic oxidation sites excluding steroid dienone is 4. The molecule has 0 bridgehead atoms. The van der Waals surface area contributed by atoms with Crippen molar-refractivity contribution < 1.29 is 0 Å². The van der Waals surface area contributed by atoms with Crippen LogP contribution in [-0.2, 0) is 0 Å². The standard InChI is InChI=1S/C25H20S/c1-18-6-8-20(9-7-18)21-10-12-22(13-11-21)23-14-15-25-24(17-23)19(2)5-3-4-16-26-25/h3-17H,2H2,1H3/b5-3-,16-4-. The van der Waals surface area contributed by atoms with Gasteiger partial charge in [-0.25, -0.2) is 0 Å². The predicted molar refractivity (Wildman–Crippen MR) is 115 cm³/mol. The van der Waals surface area contributed by atoms with Crippen LogP contribution in [0.3, 0.4) is 0 Å². The van der Waals surface area contributed by atoms with E-state index in [1.807, 2.05) is 6.08 Å². The lowest BCUT2D eigenvalue weighted by atomic mass is 9.97. The first kappa shape index (κ1) is 16.7. The van der Waals surface area contributed by atoms with Gasteiger partial charge in [0.1, 0.15) is 0 Å². The number of benzene rings is 3. The maximum atomic E-state index is 4.22. The summed E-state index contributed by atoms with van der Waals surface area (Å²) in [4.78, 5) is 1.25. The summed E-state index contributed by atoms with van der Waals surface area (Å²) in [6.07, 6.45) is 6.16. The number of rotatable bonds is 2. The Morgan fingerprint density at radius 2 is 1.27 bits per heavy atom. The van der Waals surface area contributed by atoms with Crippen LogP contribution in [0.4, 0.5) is 0 Å². The maximum absolute atomic E-state index is 4.22. The summed E-state index contributed by atoms with van der Waals surface area (Å²) in [6, 6.07) is 24.1. The van der Waals surface area contributed by atoms with Gasteiger partial charge in [0.15, 0.2) is 0 Å². The van der Waals surface area contributed by atoms with Crippen molar-refractivity contribution in [3.63, 3.8) is 0 Å². The third kappa shape index (κ3) is 3.44. The molecule has 0 nitrogen and oxygen atoms in total. The van der Waals surface area contributed by atoms with E-state index in [2.05, 4.69) is 97.8 Å². The second-order valence-corrected chi connectivity index (χ2v) is 7.43. The van der Waals surface area contributed by atoms with Crippen molar-refractivity contribution in [1.82, 2.24) is 0 Å². The molecule has 1 aliphatic rings. The summed E-state index contributed by atoms with van der Waals surface area (Å²) < 4.78 is 0. The van der Waals surface area contributed by atoms with Gasteiger partial charge in [-0.05, 0) is 57.9 Å². The molecule has 0 amide bonds. The van der Waals surface area contributed by atoms with Crippen molar-refractivity contribution >= 4 is 17.3 Å². The lowest BCUT2D eigenvalue weighted by Crippen LogP contribution is -1.88. The molecular formula is C25H20S. The van der Waals surface area contributed by atoms with Crippen molar-refractivity contribution in [2.45, 2.75) is 11.8 Å². The van der Waals surface area contributed by atoms with Crippen molar-refractivity contribution in [3.05, 3.63) is 108 Å². The minimum Gasteiger partial charge on any atom is -0.0974 e. The number of aryl methyl sites for hydroxylation is 1. The molecule has 4 rings (SSSR count). The van der Waals surface area contributed by atoms with E-state index in [1.165, 1.54) is 38.3 Å². The average molecular weight is 353 g/mol. The highest BCUT2D eigenvalue weighted by Gasteiger charge is 2.08. The van der Waals surface area contributed by atoms with Crippen molar-refractivity contribution in [3.8, 4) is 22.3 Å². The Hall–Kier alpha value is -2.77. The van der Waals surface area contributed by atoms with Crippen LogP contribution in [0, 0.1) is 6.92 Å². The molecule has 0 aromatic heterocycles. The van der Waals surface area contributed by atoms with Crippen LogP contribution >= 0.6 is 11.8 Å². The average Bonchev–Trinajstić information content (AvgIpc) is 2.67. The highest BCUT2D eigenvalue weighted by Crippen LogP contribution is 2.34. The van der Waals surface area contributed by atoms with Gasteiger partial charge in [0.2, 0.25) is 0 Å². The minimum atomic E-state index is 1.05. The van der Waals surface area contributed by atoms with Gasteiger partial charge in [-0.3, -0.25) is 0 Å². The van der Waals surface area contributed by atoms with E-state index in [1.54, 1.807) is 11.8 Å². The number of thioether (sulfide) groups is 1. The molecular weight excluding hydrogens is 332 g/mol. The normalized spacial score (nSPS) is 15.7. The molecule has 0 saturated carbocycles. The van der Waals surface area contributed by atoms with Crippen molar-refractivity contribution in [1.29, 1.82) is 0 Å². The molecule has 126 valence electrons. The van der Waals surface area contributed by atoms with E-state index in [0.717, 1.165) is 5.57 Å². The van der Waals surface area contributed by atoms with Gasteiger partial charge in [-0.15, -0.1) is 0 Å². The van der Waals surface area contributed by atoms with Crippen LogP contribution in [0.1, 0.15) is 11.1 Å². The Morgan fingerprint density at radius 3 is 1.96 bits per heavy atom. The second kappa shape index (κ2) is 7.23. The highest BCUT2D eigenvalue weighted by atomic mass is 32.2. The third-order valence-electron chi connectivity index (χ3n) is 4.61. The Labute approximate surface area is 159 Å². The fourth-order valence-electron chi connectivity index (χ4n) is 3.08. The lowest BCUT2D eigenvalue weighted by molar-refractivity contribution is 1.40. The smallest absolute Gasteiger partial charge is 0.0195 e. The van der Waals surface area contributed by atoms with Gasteiger partial charge in [-0.2, -0.15) is 0 Å². The largest absolute Gasteiger partial charge is 0.0974 e. The maximum Gasteiger partial charge on any atom is 0.0195 e. The first-order chi connectivity index (χ1) is 12.7. The molecule has 0 atom stereocenters. The zero-order valence-electron chi connectivity index (χ0n) is 14.8. The van der Waals surface area contributed by atoms with E-state index >= 15 is 0 Å². The van der Waals surface area contributed by atoms with E-state index in [4.69, 9.17) is 0 Å². The molecule has 3 aromatic carbocycles. The first-order valence-corrected chi connectivity index (χ1v) is 9.59. The summed E-state index contributed by atoms with van der Waals surface area (Å²) in [5.74, 6) is 0. The van der Waals surface area contributed by atoms with E-state index in [0.29, 0.717) is 0 Å².